The molecule has 0 aliphatic heterocycles. The molecule has 1 N–H and O–H groups in total. The Hall–Kier alpha value is -4.12. The lowest BCUT2D eigenvalue weighted by molar-refractivity contribution is -0.118. The third-order valence-electron chi connectivity index (χ3n) is 6.11. The number of amides is 1. The summed E-state index contributed by atoms with van der Waals surface area (Å²) in [5.41, 5.74) is 4.28. The van der Waals surface area contributed by atoms with Crippen LogP contribution in [-0.4, -0.2) is 17.5 Å². The molecule has 5 rings (SSSR count). The average molecular weight is 451 g/mol. The second-order valence-electron chi connectivity index (χ2n) is 8.45. The van der Waals surface area contributed by atoms with Crippen molar-refractivity contribution >= 4 is 33.5 Å². The van der Waals surface area contributed by atoms with E-state index in [4.69, 9.17) is 14.1 Å². The van der Waals surface area contributed by atoms with Crippen LogP contribution >= 0.6 is 0 Å². The van der Waals surface area contributed by atoms with E-state index in [1.165, 1.54) is 5.56 Å². The number of carbonyl (C=O) groups excluding carboxylic acids is 1. The second kappa shape index (κ2) is 9.40. The first-order valence-electron chi connectivity index (χ1n) is 11.5. The van der Waals surface area contributed by atoms with E-state index in [0.717, 1.165) is 33.9 Å². The van der Waals surface area contributed by atoms with Gasteiger partial charge in [-0.2, -0.15) is 0 Å². The smallest absolute Gasteiger partial charge is 0.262 e. The second-order valence-corrected chi connectivity index (χ2v) is 8.45. The van der Waals surface area contributed by atoms with Gasteiger partial charge in [-0.05, 0) is 59.7 Å². The van der Waals surface area contributed by atoms with Gasteiger partial charge in [-0.3, -0.25) is 4.79 Å². The van der Waals surface area contributed by atoms with Crippen LogP contribution < -0.4 is 10.1 Å². The molecule has 0 aliphatic rings. The summed E-state index contributed by atoms with van der Waals surface area (Å²) in [5.74, 6) is 1.46. The van der Waals surface area contributed by atoms with E-state index in [-0.39, 0.29) is 12.5 Å². The Kier molecular flexibility index (Phi) is 6.00. The highest BCUT2D eigenvalue weighted by atomic mass is 16.5. The summed E-state index contributed by atoms with van der Waals surface area (Å²) in [5, 5.41) is 5.06. The predicted molar refractivity (Wildman–Crippen MR) is 136 cm³/mol. The molecule has 0 saturated heterocycles. The number of anilines is 1. The van der Waals surface area contributed by atoms with Crippen LogP contribution in [0.5, 0.6) is 5.75 Å². The number of hydrogen-bond acceptors (Lipinski definition) is 4. The quantitative estimate of drug-likeness (QED) is 0.285. The van der Waals surface area contributed by atoms with Crippen molar-refractivity contribution in [1.29, 1.82) is 0 Å². The van der Waals surface area contributed by atoms with Gasteiger partial charge in [0.25, 0.3) is 5.91 Å². The van der Waals surface area contributed by atoms with Gasteiger partial charge in [0.1, 0.15) is 11.3 Å². The molecule has 0 radical (unpaired) electrons. The first kappa shape index (κ1) is 21.7. The highest BCUT2D eigenvalue weighted by molar-refractivity contribution is 6.04. The number of oxazole rings is 1. The normalized spacial score (nSPS) is 12.1. The number of aromatic nitrogens is 1. The van der Waals surface area contributed by atoms with Gasteiger partial charge >= 0.3 is 0 Å². The maximum atomic E-state index is 12.5. The first-order valence-corrected chi connectivity index (χ1v) is 11.5. The van der Waals surface area contributed by atoms with Gasteiger partial charge in [-0.15, -0.1) is 0 Å². The summed E-state index contributed by atoms with van der Waals surface area (Å²) < 4.78 is 11.7. The summed E-state index contributed by atoms with van der Waals surface area (Å²) in [7, 11) is 0. The number of benzene rings is 4. The molecule has 0 saturated carbocycles. The topological polar surface area (TPSA) is 64.4 Å². The number of rotatable bonds is 7. The van der Waals surface area contributed by atoms with Crippen LogP contribution in [0.25, 0.3) is 33.3 Å². The van der Waals surface area contributed by atoms with Crippen LogP contribution in [0.15, 0.2) is 89.3 Å². The van der Waals surface area contributed by atoms with Crippen LogP contribution in [-0.2, 0) is 4.79 Å². The molecule has 5 aromatic rings. The fraction of sp³-hybridized carbons (Fsp3) is 0.172. The largest absolute Gasteiger partial charge is 0.484 e. The van der Waals surface area contributed by atoms with Crippen molar-refractivity contribution in [3.8, 4) is 17.2 Å². The average Bonchev–Trinajstić information content (AvgIpc) is 3.33. The zero-order valence-electron chi connectivity index (χ0n) is 19.2. The summed E-state index contributed by atoms with van der Waals surface area (Å²) in [6.07, 6.45) is 1.09. The SMILES string of the molecule is CC[C@@H](C)c1ccc(OCC(=O)Nc2cccc(-c3nc4c(ccc5ccccc54)o3)c2)cc1. The molecule has 5 heteroatoms. The Bertz CT molecular complexity index is 1450. The van der Waals surface area contributed by atoms with E-state index in [0.29, 0.717) is 23.2 Å². The minimum atomic E-state index is -0.230. The maximum absolute atomic E-state index is 12.5. The lowest BCUT2D eigenvalue weighted by atomic mass is 9.99. The summed E-state index contributed by atoms with van der Waals surface area (Å²) in [4.78, 5) is 17.2. The van der Waals surface area contributed by atoms with Gasteiger partial charge < -0.3 is 14.5 Å². The van der Waals surface area contributed by atoms with Gasteiger partial charge in [0.2, 0.25) is 5.89 Å². The molecule has 1 heterocycles. The van der Waals surface area contributed by atoms with Gasteiger partial charge in [-0.1, -0.05) is 62.4 Å². The molecule has 4 aromatic carbocycles. The summed E-state index contributed by atoms with van der Waals surface area (Å²) >= 11 is 0. The van der Waals surface area contributed by atoms with Gasteiger partial charge in [0, 0.05) is 16.6 Å². The third kappa shape index (κ3) is 4.50. The Labute approximate surface area is 198 Å². The van der Waals surface area contributed by atoms with Crippen molar-refractivity contribution in [2.45, 2.75) is 26.2 Å². The number of nitrogens with zero attached hydrogens (tertiary/aromatic N) is 1. The molecule has 5 nitrogen and oxygen atoms in total. The first-order chi connectivity index (χ1) is 16.6. The lowest BCUT2D eigenvalue weighted by Crippen LogP contribution is -2.20. The number of hydrogen-bond donors (Lipinski definition) is 1. The fourth-order valence-corrected chi connectivity index (χ4v) is 3.99. The summed E-state index contributed by atoms with van der Waals surface area (Å²) in [6, 6.07) is 27.5. The van der Waals surface area contributed by atoms with Crippen molar-refractivity contribution in [3.05, 3.63) is 90.5 Å². The van der Waals surface area contributed by atoms with Crippen molar-refractivity contribution < 1.29 is 13.9 Å². The minimum Gasteiger partial charge on any atom is -0.484 e. The number of nitrogens with one attached hydrogen (secondary N) is 1. The number of fused-ring (bicyclic) bond motifs is 3. The van der Waals surface area contributed by atoms with E-state index in [1.54, 1.807) is 0 Å². The number of carbonyl (C=O) groups is 1. The van der Waals surface area contributed by atoms with Crippen LogP contribution in [0.4, 0.5) is 5.69 Å². The molecule has 0 spiro atoms. The van der Waals surface area contributed by atoms with E-state index >= 15 is 0 Å². The number of ether oxygens (including phenoxy) is 1. The molecule has 1 atom stereocenters. The van der Waals surface area contributed by atoms with Crippen LogP contribution in [0.1, 0.15) is 31.7 Å². The van der Waals surface area contributed by atoms with E-state index in [1.807, 2.05) is 66.7 Å². The predicted octanol–water partition coefficient (Wildman–Crippen LogP) is 7.18. The van der Waals surface area contributed by atoms with Crippen molar-refractivity contribution in [2.75, 3.05) is 11.9 Å². The maximum Gasteiger partial charge on any atom is 0.262 e. The zero-order valence-corrected chi connectivity index (χ0v) is 19.2. The van der Waals surface area contributed by atoms with Crippen molar-refractivity contribution in [2.24, 2.45) is 0 Å². The van der Waals surface area contributed by atoms with Crippen LogP contribution in [0.2, 0.25) is 0 Å². The van der Waals surface area contributed by atoms with Crippen LogP contribution in [0.3, 0.4) is 0 Å². The third-order valence-corrected chi connectivity index (χ3v) is 6.11. The molecule has 0 bridgehead atoms. The minimum absolute atomic E-state index is 0.0677. The van der Waals surface area contributed by atoms with Crippen molar-refractivity contribution in [1.82, 2.24) is 4.98 Å². The van der Waals surface area contributed by atoms with E-state index in [9.17, 15) is 4.79 Å². The van der Waals surface area contributed by atoms with E-state index < -0.39 is 0 Å². The molecule has 1 amide bonds. The molecule has 34 heavy (non-hydrogen) atoms. The van der Waals surface area contributed by atoms with Crippen molar-refractivity contribution in [3.63, 3.8) is 0 Å². The lowest BCUT2D eigenvalue weighted by Gasteiger charge is -2.11. The van der Waals surface area contributed by atoms with Gasteiger partial charge in [0.05, 0.1) is 0 Å². The summed E-state index contributed by atoms with van der Waals surface area (Å²) in [6.45, 7) is 4.29. The molecular formula is C29H26N2O3. The zero-order chi connectivity index (χ0) is 23.5. The Morgan fingerprint density at radius 2 is 1.82 bits per heavy atom. The standard InChI is InChI=1S/C29H26N2O3/c1-3-19(2)20-11-14-24(15-12-20)33-18-27(32)30-23-9-6-8-22(17-23)29-31-28-25-10-5-4-7-21(25)13-16-26(28)34-29/h4-17,19H,3,18H2,1-2H3,(H,30,32)/t19-/m1/s1. The highest BCUT2D eigenvalue weighted by Crippen LogP contribution is 2.30. The Morgan fingerprint density at radius 3 is 2.65 bits per heavy atom. The molecule has 1 aromatic heterocycles. The van der Waals surface area contributed by atoms with Gasteiger partial charge in [0.15, 0.2) is 12.2 Å². The Balaban J connectivity index is 1.28. The van der Waals surface area contributed by atoms with E-state index in [2.05, 4.69) is 37.4 Å². The monoisotopic (exact) mass is 450 g/mol. The van der Waals surface area contributed by atoms with Gasteiger partial charge in [-0.25, -0.2) is 4.98 Å². The molecule has 0 unspecified atom stereocenters. The molecule has 0 fully saturated rings. The fourth-order valence-electron chi connectivity index (χ4n) is 3.99. The molecule has 170 valence electrons. The highest BCUT2D eigenvalue weighted by Gasteiger charge is 2.12. The molecular weight excluding hydrogens is 424 g/mol. The van der Waals surface area contributed by atoms with Crippen LogP contribution in [0, 0.1) is 0 Å². The molecule has 0 aliphatic carbocycles. The Morgan fingerprint density at radius 1 is 1.00 bits per heavy atom.